The van der Waals surface area contributed by atoms with Gasteiger partial charge in [0.1, 0.15) is 0 Å². The minimum absolute atomic E-state index is 0.0301. The second-order valence-electron chi connectivity index (χ2n) is 6.02. The average Bonchev–Trinajstić information content (AvgIpc) is 2.55. The predicted octanol–water partition coefficient (Wildman–Crippen LogP) is 1.00. The molecule has 25 heavy (non-hydrogen) atoms. The molecule has 0 unspecified atom stereocenters. The zero-order valence-corrected chi connectivity index (χ0v) is 15.6. The Morgan fingerprint density at radius 1 is 1.20 bits per heavy atom. The summed E-state index contributed by atoms with van der Waals surface area (Å²) < 4.78 is 24.3. The van der Waals surface area contributed by atoms with Gasteiger partial charge in [0.05, 0.1) is 6.26 Å². The van der Waals surface area contributed by atoms with Crippen molar-refractivity contribution < 1.29 is 18.0 Å². The molecule has 2 amide bonds. The molecule has 0 radical (unpaired) electrons. The SMILES string of the molecule is CS(=O)(=O)N1CCC(NC(=O)CCNC(=O)c2ccc(Cl)cc2)CC1. The van der Waals surface area contributed by atoms with Gasteiger partial charge in [0.2, 0.25) is 15.9 Å². The van der Waals surface area contributed by atoms with E-state index in [9.17, 15) is 18.0 Å². The Balaban J connectivity index is 1.68. The summed E-state index contributed by atoms with van der Waals surface area (Å²) in [6, 6.07) is 6.47. The van der Waals surface area contributed by atoms with Crippen LogP contribution in [-0.4, -0.2) is 56.5 Å². The smallest absolute Gasteiger partial charge is 0.251 e. The van der Waals surface area contributed by atoms with Gasteiger partial charge >= 0.3 is 0 Å². The lowest BCUT2D eigenvalue weighted by Crippen LogP contribution is -2.46. The van der Waals surface area contributed by atoms with Crippen molar-refractivity contribution in [3.63, 3.8) is 0 Å². The minimum atomic E-state index is -3.17. The molecule has 7 nitrogen and oxygen atoms in total. The van der Waals surface area contributed by atoms with E-state index in [2.05, 4.69) is 10.6 Å². The number of hydrogen-bond donors (Lipinski definition) is 2. The maximum absolute atomic E-state index is 11.9. The number of benzene rings is 1. The lowest BCUT2D eigenvalue weighted by Gasteiger charge is -2.30. The Hall–Kier alpha value is -1.64. The van der Waals surface area contributed by atoms with E-state index in [4.69, 9.17) is 11.6 Å². The van der Waals surface area contributed by atoms with Crippen molar-refractivity contribution in [2.45, 2.75) is 25.3 Å². The highest BCUT2D eigenvalue weighted by Gasteiger charge is 2.25. The lowest BCUT2D eigenvalue weighted by atomic mass is 10.1. The molecule has 0 aliphatic carbocycles. The molecule has 0 aromatic heterocycles. The molecule has 1 aromatic rings. The predicted molar refractivity (Wildman–Crippen MR) is 96.0 cm³/mol. The summed E-state index contributed by atoms with van der Waals surface area (Å²) in [5, 5.41) is 6.12. The fraction of sp³-hybridized carbons (Fsp3) is 0.500. The van der Waals surface area contributed by atoms with Gasteiger partial charge in [-0.25, -0.2) is 12.7 Å². The molecule has 1 saturated heterocycles. The highest BCUT2D eigenvalue weighted by atomic mass is 35.5. The normalized spacial score (nSPS) is 16.4. The largest absolute Gasteiger partial charge is 0.353 e. The van der Waals surface area contributed by atoms with Crippen LogP contribution in [0.25, 0.3) is 0 Å². The molecule has 1 aromatic carbocycles. The molecule has 9 heteroatoms. The van der Waals surface area contributed by atoms with Crippen LogP contribution in [0.3, 0.4) is 0 Å². The van der Waals surface area contributed by atoms with Crippen LogP contribution < -0.4 is 10.6 Å². The number of hydrogen-bond acceptors (Lipinski definition) is 4. The summed E-state index contributed by atoms with van der Waals surface area (Å²) in [5.74, 6) is -0.417. The van der Waals surface area contributed by atoms with Crippen molar-refractivity contribution in [1.29, 1.82) is 0 Å². The summed E-state index contributed by atoms with van der Waals surface area (Å²) in [5.41, 5.74) is 0.484. The molecule has 0 bridgehead atoms. The fourth-order valence-electron chi connectivity index (χ4n) is 2.62. The third kappa shape index (κ3) is 6.30. The molecular formula is C16H22ClN3O4S. The van der Waals surface area contributed by atoms with E-state index in [1.54, 1.807) is 24.3 Å². The Kier molecular flexibility index (Phi) is 6.80. The molecule has 1 heterocycles. The van der Waals surface area contributed by atoms with E-state index in [1.165, 1.54) is 10.6 Å². The Bertz CT molecular complexity index is 713. The zero-order valence-electron chi connectivity index (χ0n) is 14.0. The molecule has 1 aliphatic rings. The number of rotatable bonds is 6. The standard InChI is InChI=1S/C16H22ClN3O4S/c1-25(23,24)20-10-7-14(8-11-20)19-15(21)6-9-18-16(22)12-2-4-13(17)5-3-12/h2-5,14H,6-11H2,1H3,(H,18,22)(H,19,21). The maximum atomic E-state index is 11.9. The van der Waals surface area contributed by atoms with Crippen LogP contribution in [-0.2, 0) is 14.8 Å². The highest BCUT2D eigenvalue weighted by molar-refractivity contribution is 7.88. The van der Waals surface area contributed by atoms with Crippen molar-refractivity contribution in [1.82, 2.24) is 14.9 Å². The van der Waals surface area contributed by atoms with E-state index < -0.39 is 10.0 Å². The monoisotopic (exact) mass is 387 g/mol. The van der Waals surface area contributed by atoms with Gasteiger partial charge in [-0.1, -0.05) is 11.6 Å². The van der Waals surface area contributed by atoms with Crippen molar-refractivity contribution >= 4 is 33.4 Å². The third-order valence-corrected chi connectivity index (χ3v) is 5.59. The number of halogens is 1. The van der Waals surface area contributed by atoms with Crippen LogP contribution in [0.1, 0.15) is 29.6 Å². The van der Waals surface area contributed by atoms with Crippen molar-refractivity contribution in [2.75, 3.05) is 25.9 Å². The topological polar surface area (TPSA) is 95.6 Å². The van der Waals surface area contributed by atoms with E-state index >= 15 is 0 Å². The highest BCUT2D eigenvalue weighted by Crippen LogP contribution is 2.13. The van der Waals surface area contributed by atoms with E-state index in [0.29, 0.717) is 36.5 Å². The summed E-state index contributed by atoms with van der Waals surface area (Å²) in [7, 11) is -3.17. The Morgan fingerprint density at radius 3 is 2.36 bits per heavy atom. The number of amides is 2. The quantitative estimate of drug-likeness (QED) is 0.761. The minimum Gasteiger partial charge on any atom is -0.353 e. The fourth-order valence-corrected chi connectivity index (χ4v) is 3.62. The van der Waals surface area contributed by atoms with Gasteiger partial charge < -0.3 is 10.6 Å². The van der Waals surface area contributed by atoms with Gasteiger partial charge in [0.15, 0.2) is 0 Å². The van der Waals surface area contributed by atoms with Crippen LogP contribution in [0.15, 0.2) is 24.3 Å². The van der Waals surface area contributed by atoms with Gasteiger partial charge in [-0.2, -0.15) is 0 Å². The zero-order chi connectivity index (χ0) is 18.4. The molecule has 1 aliphatic heterocycles. The second kappa shape index (κ2) is 8.64. The number of carbonyl (C=O) groups excluding carboxylic acids is 2. The first-order valence-electron chi connectivity index (χ1n) is 8.04. The lowest BCUT2D eigenvalue weighted by molar-refractivity contribution is -0.121. The molecular weight excluding hydrogens is 366 g/mol. The van der Waals surface area contributed by atoms with Crippen LogP contribution in [0.2, 0.25) is 5.02 Å². The van der Waals surface area contributed by atoms with Gasteiger partial charge in [-0.05, 0) is 37.1 Å². The Morgan fingerprint density at radius 2 is 1.80 bits per heavy atom. The van der Waals surface area contributed by atoms with Gasteiger partial charge in [-0.3, -0.25) is 9.59 Å². The molecule has 2 rings (SSSR count). The molecule has 0 atom stereocenters. The van der Waals surface area contributed by atoms with Crippen LogP contribution >= 0.6 is 11.6 Å². The molecule has 0 saturated carbocycles. The number of nitrogens with one attached hydrogen (secondary N) is 2. The van der Waals surface area contributed by atoms with Crippen molar-refractivity contribution in [3.05, 3.63) is 34.9 Å². The molecule has 0 spiro atoms. The summed E-state index contributed by atoms with van der Waals surface area (Å²) in [6.07, 6.45) is 2.55. The second-order valence-corrected chi connectivity index (χ2v) is 8.44. The van der Waals surface area contributed by atoms with Crippen molar-refractivity contribution in [2.24, 2.45) is 0 Å². The number of piperidine rings is 1. The van der Waals surface area contributed by atoms with E-state index in [0.717, 1.165) is 0 Å². The Labute approximate surface area is 152 Å². The summed E-state index contributed by atoms with van der Waals surface area (Å²) >= 11 is 5.77. The number of nitrogens with zero attached hydrogens (tertiary/aromatic N) is 1. The van der Waals surface area contributed by atoms with E-state index in [-0.39, 0.29) is 30.8 Å². The maximum Gasteiger partial charge on any atom is 0.251 e. The summed E-state index contributed by atoms with van der Waals surface area (Å²) in [6.45, 7) is 1.06. The first-order chi connectivity index (χ1) is 11.8. The van der Waals surface area contributed by atoms with Crippen LogP contribution in [0.5, 0.6) is 0 Å². The summed E-state index contributed by atoms with van der Waals surface area (Å²) in [4.78, 5) is 23.8. The van der Waals surface area contributed by atoms with Crippen LogP contribution in [0, 0.1) is 0 Å². The van der Waals surface area contributed by atoms with Crippen LogP contribution in [0.4, 0.5) is 0 Å². The molecule has 1 fully saturated rings. The molecule has 2 N–H and O–H groups in total. The first kappa shape index (κ1) is 19.7. The first-order valence-corrected chi connectivity index (χ1v) is 10.3. The van der Waals surface area contributed by atoms with E-state index in [1.807, 2.05) is 0 Å². The van der Waals surface area contributed by atoms with Gasteiger partial charge in [0, 0.05) is 42.7 Å². The number of sulfonamides is 1. The third-order valence-electron chi connectivity index (χ3n) is 4.03. The van der Waals surface area contributed by atoms with Gasteiger partial charge in [-0.15, -0.1) is 0 Å². The number of carbonyl (C=O) groups is 2. The average molecular weight is 388 g/mol. The molecule has 138 valence electrons. The van der Waals surface area contributed by atoms with Crippen molar-refractivity contribution in [3.8, 4) is 0 Å². The van der Waals surface area contributed by atoms with Gasteiger partial charge in [0.25, 0.3) is 5.91 Å².